The Kier molecular flexibility index (Phi) is 16.4. The molecule has 7 heteroatoms. The molecule has 0 radical (unpaired) electrons. The van der Waals surface area contributed by atoms with E-state index in [0.29, 0.717) is 29.7 Å². The first-order valence-corrected chi connectivity index (χ1v) is 12.3. The summed E-state index contributed by atoms with van der Waals surface area (Å²) in [7, 11) is -1.06. The first-order chi connectivity index (χ1) is 13.7. The zero-order valence-corrected chi connectivity index (χ0v) is 22.0. The molecule has 0 aromatic rings. The van der Waals surface area contributed by atoms with Crippen LogP contribution in [0.4, 0.5) is 0 Å². The van der Waals surface area contributed by atoms with E-state index in [1.165, 1.54) is 0 Å². The molecule has 0 aliphatic rings. The summed E-state index contributed by atoms with van der Waals surface area (Å²) >= 11 is 0. The van der Waals surface area contributed by atoms with Crippen LogP contribution >= 0.6 is 8.15 Å². The van der Waals surface area contributed by atoms with Crippen molar-refractivity contribution in [3.05, 3.63) is 12.2 Å². The van der Waals surface area contributed by atoms with E-state index in [-0.39, 0.29) is 24.6 Å². The van der Waals surface area contributed by atoms with Crippen LogP contribution in [-0.4, -0.2) is 63.0 Å². The van der Waals surface area contributed by atoms with Crippen molar-refractivity contribution in [1.29, 1.82) is 5.26 Å². The van der Waals surface area contributed by atoms with Gasteiger partial charge in [0.1, 0.15) is 6.61 Å². The minimum atomic E-state index is -1.06. The molecule has 0 aliphatic heterocycles. The molecular formula is C23H46N3O3P. The fraction of sp³-hybridized carbons (Fsp3) is 0.826. The molecule has 0 amide bonds. The third-order valence-corrected chi connectivity index (χ3v) is 6.87. The molecule has 0 aliphatic carbocycles. The van der Waals surface area contributed by atoms with Crippen LogP contribution < -0.4 is 0 Å². The molecule has 0 heterocycles. The van der Waals surface area contributed by atoms with Crippen molar-refractivity contribution in [3.8, 4) is 6.07 Å². The van der Waals surface area contributed by atoms with Crippen molar-refractivity contribution in [2.75, 3.05) is 6.61 Å². The number of nitrogens with zero attached hydrogens (tertiary/aromatic N) is 3. The monoisotopic (exact) mass is 443 g/mol. The first kappa shape index (κ1) is 31.2. The molecule has 0 fully saturated rings. The largest absolute Gasteiger partial charge is 0.461 e. The standard InChI is InChI=1S/C16H37N2OP.C7H9NO2/c1-11(2)17(12(3)4)15(9)20(19)16(10)18(13(5)6)14(7)8;1-6(2)7(9)10-5-3-4-8/h11-16,19H,1-10H3;1,3,5H2,2H3. The van der Waals surface area contributed by atoms with Gasteiger partial charge in [0.05, 0.1) is 32.2 Å². The van der Waals surface area contributed by atoms with Crippen LogP contribution in [0.25, 0.3) is 0 Å². The molecule has 6 nitrogen and oxygen atoms in total. The predicted molar refractivity (Wildman–Crippen MR) is 128 cm³/mol. The summed E-state index contributed by atoms with van der Waals surface area (Å²) < 4.78 is 4.58. The second-order valence-corrected chi connectivity index (χ2v) is 11.0. The molecule has 2 unspecified atom stereocenters. The minimum absolute atomic E-state index is 0.155. The van der Waals surface area contributed by atoms with E-state index in [2.05, 4.69) is 90.4 Å². The maximum atomic E-state index is 10.9. The van der Waals surface area contributed by atoms with Gasteiger partial charge in [0.25, 0.3) is 0 Å². The Morgan fingerprint density at radius 3 is 1.50 bits per heavy atom. The van der Waals surface area contributed by atoms with Crippen LogP contribution in [0.3, 0.4) is 0 Å². The summed E-state index contributed by atoms with van der Waals surface area (Å²) in [5.41, 5.74) is 0.359. The molecule has 0 saturated heterocycles. The van der Waals surface area contributed by atoms with Crippen molar-refractivity contribution in [2.24, 2.45) is 0 Å². The number of esters is 1. The first-order valence-electron chi connectivity index (χ1n) is 10.9. The molecule has 176 valence electrons. The maximum Gasteiger partial charge on any atom is 0.333 e. The highest BCUT2D eigenvalue weighted by molar-refractivity contribution is 7.52. The van der Waals surface area contributed by atoms with Crippen LogP contribution in [-0.2, 0) is 9.53 Å². The van der Waals surface area contributed by atoms with Crippen LogP contribution in [0.1, 0.15) is 82.6 Å². The predicted octanol–water partition coefficient (Wildman–Crippen LogP) is 5.32. The Morgan fingerprint density at radius 2 is 1.27 bits per heavy atom. The average molecular weight is 444 g/mol. The summed E-state index contributed by atoms with van der Waals surface area (Å²) in [6.45, 7) is 27.2. The molecule has 0 saturated carbocycles. The molecule has 1 N–H and O–H groups in total. The Labute approximate surface area is 187 Å². The van der Waals surface area contributed by atoms with E-state index < -0.39 is 14.1 Å². The fourth-order valence-corrected chi connectivity index (χ4v) is 6.05. The van der Waals surface area contributed by atoms with Crippen molar-refractivity contribution < 1.29 is 14.4 Å². The van der Waals surface area contributed by atoms with Gasteiger partial charge in [0.15, 0.2) is 0 Å². The Hall–Kier alpha value is -0.990. The summed E-state index contributed by atoms with van der Waals surface area (Å²) in [6, 6.07) is 3.69. The number of hydrogen-bond acceptors (Lipinski definition) is 6. The van der Waals surface area contributed by atoms with Crippen molar-refractivity contribution >= 4 is 14.1 Å². The summed E-state index contributed by atoms with van der Waals surface area (Å²) in [5.74, 6) is 0.00949. The van der Waals surface area contributed by atoms with Crippen molar-refractivity contribution in [3.63, 3.8) is 0 Å². The highest BCUT2D eigenvalue weighted by Gasteiger charge is 2.34. The van der Waals surface area contributed by atoms with Gasteiger partial charge in [-0.2, -0.15) is 5.26 Å². The van der Waals surface area contributed by atoms with Crippen LogP contribution in [0, 0.1) is 11.3 Å². The van der Waals surface area contributed by atoms with Gasteiger partial charge in [-0.05, 0) is 76.2 Å². The van der Waals surface area contributed by atoms with E-state index >= 15 is 0 Å². The van der Waals surface area contributed by atoms with Gasteiger partial charge in [-0.1, -0.05) is 6.58 Å². The smallest absolute Gasteiger partial charge is 0.333 e. The van der Waals surface area contributed by atoms with E-state index in [1.807, 2.05) is 6.07 Å². The number of ether oxygens (including phenoxy) is 1. The number of nitriles is 1. The molecule has 0 aromatic heterocycles. The molecule has 2 atom stereocenters. The van der Waals surface area contributed by atoms with Gasteiger partial charge >= 0.3 is 5.97 Å². The number of carbonyl (C=O) groups is 1. The summed E-state index contributed by atoms with van der Waals surface area (Å²) in [6.07, 6.45) is 0.235. The van der Waals surface area contributed by atoms with Gasteiger partial charge in [-0.3, -0.25) is 9.80 Å². The number of carbonyl (C=O) groups excluding carboxylic acids is 1. The van der Waals surface area contributed by atoms with E-state index in [4.69, 9.17) is 5.26 Å². The lowest BCUT2D eigenvalue weighted by atomic mass is 10.2. The van der Waals surface area contributed by atoms with E-state index in [1.54, 1.807) is 6.92 Å². The highest BCUT2D eigenvalue weighted by atomic mass is 31.1. The fourth-order valence-electron chi connectivity index (χ4n) is 3.82. The highest BCUT2D eigenvalue weighted by Crippen LogP contribution is 2.46. The molecule has 30 heavy (non-hydrogen) atoms. The Morgan fingerprint density at radius 1 is 0.933 bits per heavy atom. The van der Waals surface area contributed by atoms with Gasteiger partial charge in [0, 0.05) is 29.7 Å². The topological polar surface area (TPSA) is 76.8 Å². The van der Waals surface area contributed by atoms with Crippen molar-refractivity contribution in [1.82, 2.24) is 9.80 Å². The second kappa shape index (κ2) is 15.8. The zero-order valence-electron chi connectivity index (χ0n) is 21.1. The second-order valence-electron chi connectivity index (χ2n) is 8.74. The molecule has 0 aromatic carbocycles. The minimum Gasteiger partial charge on any atom is -0.461 e. The lowest BCUT2D eigenvalue weighted by molar-refractivity contribution is -0.138. The van der Waals surface area contributed by atoms with Gasteiger partial charge in [-0.25, -0.2) is 4.79 Å². The molecule has 0 bridgehead atoms. The average Bonchev–Trinajstić information content (AvgIpc) is 2.60. The SMILES string of the molecule is C=C(C)C(=O)OCCC#N.CC(C)N(C(C)C)C(C)P(O)C(C)N(C(C)C)C(C)C. The van der Waals surface area contributed by atoms with Gasteiger partial charge < -0.3 is 9.63 Å². The van der Waals surface area contributed by atoms with E-state index in [9.17, 15) is 9.69 Å². The van der Waals surface area contributed by atoms with Crippen molar-refractivity contribution in [2.45, 2.75) is 118 Å². The third kappa shape index (κ3) is 11.4. The third-order valence-electron chi connectivity index (χ3n) is 4.81. The molecule has 0 spiro atoms. The molecular weight excluding hydrogens is 397 g/mol. The lowest BCUT2D eigenvalue weighted by Gasteiger charge is -2.44. The Balaban J connectivity index is 0. The number of rotatable bonds is 11. The normalized spacial score (nSPS) is 14.6. The van der Waals surface area contributed by atoms with Gasteiger partial charge in [0.2, 0.25) is 0 Å². The van der Waals surface area contributed by atoms with E-state index in [0.717, 1.165) is 0 Å². The van der Waals surface area contributed by atoms with Crippen LogP contribution in [0.5, 0.6) is 0 Å². The summed E-state index contributed by atoms with van der Waals surface area (Å²) in [5, 5.41) is 8.05. The quantitative estimate of drug-likeness (QED) is 0.201. The Bertz CT molecular complexity index is 502. The maximum absolute atomic E-state index is 10.9. The summed E-state index contributed by atoms with van der Waals surface area (Å²) in [4.78, 5) is 26.4. The zero-order chi connectivity index (χ0) is 24.2. The number of hydrogen-bond donors (Lipinski definition) is 1. The molecule has 0 rings (SSSR count). The van der Waals surface area contributed by atoms with Gasteiger partial charge in [-0.15, -0.1) is 0 Å². The lowest BCUT2D eigenvalue weighted by Crippen LogP contribution is -2.48. The van der Waals surface area contributed by atoms with Crippen LogP contribution in [0.2, 0.25) is 0 Å². The van der Waals surface area contributed by atoms with Crippen LogP contribution in [0.15, 0.2) is 12.2 Å².